The van der Waals surface area contributed by atoms with Crippen LogP contribution in [0, 0.1) is 0 Å². The number of hydrogen-bond acceptors (Lipinski definition) is 4. The highest BCUT2D eigenvalue weighted by Crippen LogP contribution is 2.37. The van der Waals surface area contributed by atoms with E-state index in [2.05, 4.69) is 13.8 Å². The van der Waals surface area contributed by atoms with E-state index in [9.17, 15) is 4.79 Å². The highest BCUT2D eigenvalue weighted by atomic mass is 16.6. The van der Waals surface area contributed by atoms with E-state index in [0.717, 1.165) is 43.3 Å². The second-order valence-electron chi connectivity index (χ2n) is 6.50. The van der Waals surface area contributed by atoms with Crippen LogP contribution in [0.1, 0.15) is 51.5 Å². The molecule has 1 aromatic carbocycles. The average Bonchev–Trinajstić information content (AvgIpc) is 2.87. The van der Waals surface area contributed by atoms with Gasteiger partial charge < -0.3 is 19.0 Å². The zero-order valence-corrected chi connectivity index (χ0v) is 14.4. The van der Waals surface area contributed by atoms with Crippen LogP contribution < -0.4 is 4.74 Å². The summed E-state index contributed by atoms with van der Waals surface area (Å²) in [6.07, 6.45) is 5.27. The monoisotopic (exact) mass is 320 g/mol. The van der Waals surface area contributed by atoms with Crippen LogP contribution in [0.2, 0.25) is 0 Å². The van der Waals surface area contributed by atoms with Crippen molar-refractivity contribution in [3.63, 3.8) is 0 Å². The van der Waals surface area contributed by atoms with Gasteiger partial charge in [0.1, 0.15) is 12.0 Å². The van der Waals surface area contributed by atoms with Crippen molar-refractivity contribution in [2.45, 2.75) is 70.4 Å². The topological polar surface area (TPSA) is 44.8 Å². The van der Waals surface area contributed by atoms with Crippen molar-refractivity contribution in [1.29, 1.82) is 0 Å². The second kappa shape index (κ2) is 8.46. The number of carbonyl (C=O) groups is 1. The molecule has 0 aliphatic carbocycles. The van der Waals surface area contributed by atoms with Crippen LogP contribution >= 0.6 is 0 Å². The molecule has 4 nitrogen and oxygen atoms in total. The molecule has 0 spiro atoms. The van der Waals surface area contributed by atoms with Gasteiger partial charge in [-0.25, -0.2) is 0 Å². The Bertz CT molecular complexity index is 485. The Morgan fingerprint density at radius 1 is 1.35 bits per heavy atom. The molecule has 23 heavy (non-hydrogen) atoms. The summed E-state index contributed by atoms with van der Waals surface area (Å²) in [5.74, 6) is 0.845. The normalized spacial score (nSPS) is 27.1. The minimum atomic E-state index is -0.132. The second-order valence-corrected chi connectivity index (χ2v) is 6.50. The predicted molar refractivity (Wildman–Crippen MR) is 89.7 cm³/mol. The summed E-state index contributed by atoms with van der Waals surface area (Å²) < 4.78 is 17.5. The first-order valence-electron chi connectivity index (χ1n) is 8.46. The first-order valence-corrected chi connectivity index (χ1v) is 8.46. The summed E-state index contributed by atoms with van der Waals surface area (Å²) in [4.78, 5) is 10.7. The first kappa shape index (κ1) is 18.0. The molecule has 0 saturated carbocycles. The third kappa shape index (κ3) is 5.05. The molecule has 0 bridgehead atoms. The minimum absolute atomic E-state index is 0.00926. The third-order valence-electron chi connectivity index (χ3n) is 4.45. The zero-order valence-electron chi connectivity index (χ0n) is 14.4. The Morgan fingerprint density at radius 2 is 2.09 bits per heavy atom. The SMILES string of the molecule is CCC[C@]1(C)C[C@@H](OCc2ccc(OC)cc2)[C@H](CCC=O)O1. The van der Waals surface area contributed by atoms with Crippen molar-refractivity contribution < 1.29 is 19.0 Å². The minimum Gasteiger partial charge on any atom is -0.497 e. The van der Waals surface area contributed by atoms with Crippen molar-refractivity contribution in [1.82, 2.24) is 0 Å². The summed E-state index contributed by atoms with van der Waals surface area (Å²) in [5, 5.41) is 0. The number of aldehydes is 1. The largest absolute Gasteiger partial charge is 0.497 e. The van der Waals surface area contributed by atoms with E-state index in [4.69, 9.17) is 14.2 Å². The summed E-state index contributed by atoms with van der Waals surface area (Å²) in [7, 11) is 1.66. The number of methoxy groups -OCH3 is 1. The summed E-state index contributed by atoms with van der Waals surface area (Å²) in [5.41, 5.74) is 0.983. The number of hydrogen-bond donors (Lipinski definition) is 0. The van der Waals surface area contributed by atoms with Gasteiger partial charge in [-0.1, -0.05) is 25.5 Å². The molecule has 1 aliphatic rings. The van der Waals surface area contributed by atoms with Crippen molar-refractivity contribution in [3.05, 3.63) is 29.8 Å². The van der Waals surface area contributed by atoms with Gasteiger partial charge in [-0.05, 0) is 37.5 Å². The van der Waals surface area contributed by atoms with Gasteiger partial charge in [0.25, 0.3) is 0 Å². The fourth-order valence-corrected chi connectivity index (χ4v) is 3.30. The molecular weight excluding hydrogens is 292 g/mol. The van der Waals surface area contributed by atoms with Crippen LogP contribution in [0.3, 0.4) is 0 Å². The summed E-state index contributed by atoms with van der Waals surface area (Å²) in [6, 6.07) is 7.91. The third-order valence-corrected chi connectivity index (χ3v) is 4.45. The van der Waals surface area contributed by atoms with Gasteiger partial charge >= 0.3 is 0 Å². The molecule has 1 saturated heterocycles. The van der Waals surface area contributed by atoms with Crippen molar-refractivity contribution in [3.8, 4) is 5.75 Å². The maximum Gasteiger partial charge on any atom is 0.120 e. The molecule has 1 fully saturated rings. The van der Waals surface area contributed by atoms with E-state index in [0.29, 0.717) is 13.0 Å². The highest BCUT2D eigenvalue weighted by molar-refractivity contribution is 5.49. The fraction of sp³-hybridized carbons (Fsp3) is 0.632. The van der Waals surface area contributed by atoms with E-state index < -0.39 is 0 Å². The van der Waals surface area contributed by atoms with E-state index >= 15 is 0 Å². The molecule has 4 heteroatoms. The van der Waals surface area contributed by atoms with Crippen LogP contribution in [0.15, 0.2) is 24.3 Å². The Labute approximate surface area is 139 Å². The lowest BCUT2D eigenvalue weighted by molar-refractivity contribution is -0.109. The van der Waals surface area contributed by atoms with Gasteiger partial charge in [0, 0.05) is 12.8 Å². The molecule has 128 valence electrons. The lowest BCUT2D eigenvalue weighted by Crippen LogP contribution is -2.25. The standard InChI is InChI=1S/C19H28O4/c1-4-11-19(2)13-18(17(23-19)6-5-12-20)22-14-15-7-9-16(21-3)10-8-15/h7-10,12,17-18H,4-6,11,13-14H2,1-3H3/t17-,18+,19+/m0/s1. The van der Waals surface area contributed by atoms with Gasteiger partial charge in [-0.15, -0.1) is 0 Å². The van der Waals surface area contributed by atoms with E-state index in [-0.39, 0.29) is 17.8 Å². The molecule has 0 N–H and O–H groups in total. The van der Waals surface area contributed by atoms with E-state index in [1.807, 2.05) is 24.3 Å². The molecule has 3 atom stereocenters. The lowest BCUT2D eigenvalue weighted by atomic mass is 9.95. The molecular formula is C19H28O4. The molecule has 2 rings (SSSR count). The lowest BCUT2D eigenvalue weighted by Gasteiger charge is -2.23. The van der Waals surface area contributed by atoms with Crippen molar-refractivity contribution in [2.75, 3.05) is 7.11 Å². The Kier molecular flexibility index (Phi) is 6.60. The van der Waals surface area contributed by atoms with Gasteiger partial charge in [0.05, 0.1) is 31.5 Å². The predicted octanol–water partition coefficient (Wildman–Crippen LogP) is 3.91. The van der Waals surface area contributed by atoms with Crippen LogP contribution in [-0.4, -0.2) is 31.2 Å². The van der Waals surface area contributed by atoms with Crippen molar-refractivity contribution >= 4 is 6.29 Å². The molecule has 1 aromatic rings. The van der Waals surface area contributed by atoms with Gasteiger partial charge in [-0.3, -0.25) is 0 Å². The number of benzene rings is 1. The maximum absolute atomic E-state index is 10.7. The van der Waals surface area contributed by atoms with Crippen LogP contribution in [0.5, 0.6) is 5.75 Å². The fourth-order valence-electron chi connectivity index (χ4n) is 3.30. The van der Waals surface area contributed by atoms with Crippen molar-refractivity contribution in [2.24, 2.45) is 0 Å². The zero-order chi connectivity index (χ0) is 16.7. The summed E-state index contributed by atoms with van der Waals surface area (Å²) >= 11 is 0. The molecule has 1 heterocycles. The number of carbonyl (C=O) groups excluding carboxylic acids is 1. The van der Waals surface area contributed by atoms with Gasteiger partial charge in [0.2, 0.25) is 0 Å². The highest BCUT2D eigenvalue weighted by Gasteiger charge is 2.42. The molecule has 1 aliphatic heterocycles. The maximum atomic E-state index is 10.7. The molecule has 0 amide bonds. The smallest absolute Gasteiger partial charge is 0.120 e. The first-order chi connectivity index (χ1) is 11.1. The molecule has 0 radical (unpaired) electrons. The Morgan fingerprint density at radius 3 is 2.70 bits per heavy atom. The summed E-state index contributed by atoms with van der Waals surface area (Å²) in [6.45, 7) is 4.87. The Balaban J connectivity index is 1.95. The quantitative estimate of drug-likeness (QED) is 0.647. The van der Waals surface area contributed by atoms with E-state index in [1.165, 1.54) is 0 Å². The van der Waals surface area contributed by atoms with Crippen LogP contribution in [-0.2, 0) is 20.9 Å². The number of ether oxygens (including phenoxy) is 3. The van der Waals surface area contributed by atoms with Gasteiger partial charge in [0.15, 0.2) is 0 Å². The van der Waals surface area contributed by atoms with Crippen LogP contribution in [0.25, 0.3) is 0 Å². The molecule has 0 aromatic heterocycles. The van der Waals surface area contributed by atoms with E-state index in [1.54, 1.807) is 7.11 Å². The van der Waals surface area contributed by atoms with Gasteiger partial charge in [-0.2, -0.15) is 0 Å². The Hall–Kier alpha value is -1.39. The molecule has 0 unspecified atom stereocenters. The average molecular weight is 320 g/mol. The van der Waals surface area contributed by atoms with Crippen LogP contribution in [0.4, 0.5) is 0 Å². The number of rotatable bonds is 9.